The van der Waals surface area contributed by atoms with Crippen LogP contribution in [0.15, 0.2) is 42.5 Å². The van der Waals surface area contributed by atoms with E-state index in [2.05, 4.69) is 5.32 Å². The molecule has 2 N–H and O–H groups in total. The summed E-state index contributed by atoms with van der Waals surface area (Å²) in [7, 11) is -2.07. The number of nitrogens with one attached hydrogen (secondary N) is 2. The maximum atomic E-state index is 13.8. The molecule has 1 aliphatic rings. The summed E-state index contributed by atoms with van der Waals surface area (Å²) in [5, 5.41) is 3.60. The molecule has 3 atom stereocenters. The van der Waals surface area contributed by atoms with Gasteiger partial charge in [0.25, 0.3) is 5.91 Å². The number of sulfonamides is 1. The Morgan fingerprint density at radius 3 is 2.53 bits per heavy atom. The highest BCUT2D eigenvalue weighted by Gasteiger charge is 2.27. The summed E-state index contributed by atoms with van der Waals surface area (Å²) in [5.41, 5.74) is 2.04. The number of rotatable bonds is 9. The summed E-state index contributed by atoms with van der Waals surface area (Å²) in [5.74, 6) is 0.372. The van der Waals surface area contributed by atoms with Gasteiger partial charge in [-0.3, -0.25) is 9.52 Å². The Labute approximate surface area is 188 Å². The molecule has 0 radical (unpaired) electrons. The predicted molar refractivity (Wildman–Crippen MR) is 120 cm³/mol. The van der Waals surface area contributed by atoms with Crippen LogP contribution in [0.25, 0.3) is 0 Å². The van der Waals surface area contributed by atoms with Gasteiger partial charge in [-0.15, -0.1) is 0 Å². The van der Waals surface area contributed by atoms with Crippen molar-refractivity contribution in [3.8, 4) is 11.5 Å². The molecule has 3 unspecified atom stereocenters. The molecule has 1 saturated carbocycles. The highest BCUT2D eigenvalue weighted by Crippen LogP contribution is 2.36. The van der Waals surface area contributed by atoms with E-state index >= 15 is 0 Å². The topological polar surface area (TPSA) is 93.7 Å². The van der Waals surface area contributed by atoms with Crippen LogP contribution < -0.4 is 19.5 Å². The van der Waals surface area contributed by atoms with Crippen molar-refractivity contribution in [2.75, 3.05) is 20.0 Å². The van der Waals surface area contributed by atoms with E-state index < -0.39 is 15.9 Å². The summed E-state index contributed by atoms with van der Waals surface area (Å²) in [6.45, 7) is 1.65. The fourth-order valence-corrected chi connectivity index (χ4v) is 4.53. The van der Waals surface area contributed by atoms with Crippen LogP contribution in [0, 0.1) is 5.82 Å². The first-order valence-corrected chi connectivity index (χ1v) is 12.4. The molecule has 2 aromatic rings. The lowest BCUT2D eigenvalue weighted by Gasteiger charge is -2.21. The van der Waals surface area contributed by atoms with Crippen molar-refractivity contribution in [2.45, 2.75) is 44.2 Å². The van der Waals surface area contributed by atoms with Crippen LogP contribution in [0.1, 0.15) is 49.3 Å². The molecule has 0 saturated heterocycles. The van der Waals surface area contributed by atoms with Crippen LogP contribution in [0.4, 0.5) is 4.39 Å². The van der Waals surface area contributed by atoms with Crippen molar-refractivity contribution in [2.24, 2.45) is 0 Å². The number of benzene rings is 2. The predicted octanol–water partition coefficient (Wildman–Crippen LogP) is 3.28. The van der Waals surface area contributed by atoms with Crippen molar-refractivity contribution in [3.63, 3.8) is 0 Å². The number of carbonyl (C=O) groups is 1. The van der Waals surface area contributed by atoms with Gasteiger partial charge in [0.2, 0.25) is 10.0 Å². The first-order chi connectivity index (χ1) is 15.1. The van der Waals surface area contributed by atoms with E-state index in [4.69, 9.17) is 9.47 Å². The molecular weight excluding hydrogens is 435 g/mol. The molecule has 0 bridgehead atoms. The van der Waals surface area contributed by atoms with Crippen molar-refractivity contribution in [3.05, 3.63) is 59.4 Å². The molecule has 0 heterocycles. The van der Waals surface area contributed by atoms with Gasteiger partial charge in [-0.05, 0) is 67.5 Å². The quantitative estimate of drug-likeness (QED) is 0.592. The van der Waals surface area contributed by atoms with Crippen LogP contribution in [-0.4, -0.2) is 40.3 Å². The second kappa shape index (κ2) is 10.3. The number of amides is 1. The third-order valence-electron chi connectivity index (χ3n) is 5.57. The molecule has 32 heavy (non-hydrogen) atoms. The van der Waals surface area contributed by atoms with Gasteiger partial charge in [0, 0.05) is 18.2 Å². The summed E-state index contributed by atoms with van der Waals surface area (Å²) in [6, 6.07) is 12.6. The number of ether oxygens (including phenoxy) is 2. The molecular formula is C23H29FN2O5S. The van der Waals surface area contributed by atoms with Crippen molar-refractivity contribution in [1.82, 2.24) is 10.0 Å². The second-order valence-corrected chi connectivity index (χ2v) is 9.92. The van der Waals surface area contributed by atoms with E-state index in [0.717, 1.165) is 31.1 Å². The molecule has 7 nitrogen and oxygen atoms in total. The highest BCUT2D eigenvalue weighted by atomic mass is 32.2. The van der Waals surface area contributed by atoms with E-state index in [1.54, 1.807) is 12.1 Å². The van der Waals surface area contributed by atoms with Crippen LogP contribution in [0.2, 0.25) is 0 Å². The van der Waals surface area contributed by atoms with E-state index in [1.165, 1.54) is 24.8 Å². The Morgan fingerprint density at radius 2 is 1.88 bits per heavy atom. The maximum absolute atomic E-state index is 13.8. The lowest BCUT2D eigenvalue weighted by atomic mass is 9.97. The first kappa shape index (κ1) is 24.0. The smallest absolute Gasteiger partial charge is 0.271 e. The molecule has 0 aromatic heterocycles. The number of halogens is 1. The molecule has 2 aromatic carbocycles. The lowest BCUT2D eigenvalue weighted by molar-refractivity contribution is -0.121. The largest absolute Gasteiger partial charge is 0.497 e. The maximum Gasteiger partial charge on any atom is 0.271 e. The third-order valence-corrected chi connectivity index (χ3v) is 6.17. The molecule has 1 fully saturated rings. The van der Waals surface area contributed by atoms with Crippen molar-refractivity contribution >= 4 is 15.9 Å². The molecule has 3 rings (SSSR count). The molecule has 174 valence electrons. The summed E-state index contributed by atoms with van der Waals surface area (Å²) < 4.78 is 48.3. The van der Waals surface area contributed by atoms with Gasteiger partial charge in [0.15, 0.2) is 6.61 Å². The average molecular weight is 465 g/mol. The SMILES string of the molecule is COc1cc(F)cc(C(C)NC2CCC(c3ccc(OCC(=O)NS(C)(=O)=O)cc3)C2)c1. The highest BCUT2D eigenvalue weighted by molar-refractivity contribution is 7.89. The van der Waals surface area contributed by atoms with Gasteiger partial charge in [0.05, 0.1) is 13.4 Å². The van der Waals surface area contributed by atoms with Gasteiger partial charge < -0.3 is 14.8 Å². The molecule has 1 amide bonds. The monoisotopic (exact) mass is 464 g/mol. The fraction of sp³-hybridized carbons (Fsp3) is 0.435. The molecule has 1 aliphatic carbocycles. The summed E-state index contributed by atoms with van der Waals surface area (Å²) >= 11 is 0. The standard InChI is InChI=1S/C23H29FN2O5S/c1-15(18-10-19(24)13-22(12-18)30-2)25-20-7-4-17(11-20)16-5-8-21(9-6-16)31-14-23(27)26-32(3,28)29/h5-6,8-10,12-13,15,17,20,25H,4,7,11,14H2,1-3H3,(H,26,27). The summed E-state index contributed by atoms with van der Waals surface area (Å²) in [4.78, 5) is 11.5. The zero-order valence-corrected chi connectivity index (χ0v) is 19.2. The Kier molecular flexibility index (Phi) is 7.73. The van der Waals surface area contributed by atoms with E-state index in [9.17, 15) is 17.6 Å². The average Bonchev–Trinajstić information content (AvgIpc) is 3.19. The van der Waals surface area contributed by atoms with Crippen LogP contribution >= 0.6 is 0 Å². The normalized spacial score (nSPS) is 19.4. The Morgan fingerprint density at radius 1 is 1.16 bits per heavy atom. The molecule has 0 spiro atoms. The van der Waals surface area contributed by atoms with Gasteiger partial charge in [0.1, 0.15) is 17.3 Å². The third kappa shape index (κ3) is 6.93. The lowest BCUT2D eigenvalue weighted by Crippen LogP contribution is -2.33. The number of hydrogen-bond acceptors (Lipinski definition) is 6. The number of methoxy groups -OCH3 is 1. The van der Waals surface area contributed by atoms with E-state index in [-0.39, 0.29) is 18.5 Å². The van der Waals surface area contributed by atoms with Crippen LogP contribution in [0.5, 0.6) is 11.5 Å². The zero-order valence-electron chi connectivity index (χ0n) is 18.4. The second-order valence-electron chi connectivity index (χ2n) is 8.17. The minimum atomic E-state index is -3.59. The van der Waals surface area contributed by atoms with E-state index in [1.807, 2.05) is 29.8 Å². The zero-order chi connectivity index (χ0) is 23.3. The Balaban J connectivity index is 1.52. The van der Waals surface area contributed by atoms with Crippen molar-refractivity contribution in [1.29, 1.82) is 0 Å². The summed E-state index contributed by atoms with van der Waals surface area (Å²) in [6.07, 6.45) is 3.94. The minimum Gasteiger partial charge on any atom is -0.497 e. The fourth-order valence-electron chi connectivity index (χ4n) is 4.06. The number of carbonyl (C=O) groups excluding carboxylic acids is 1. The Hall–Kier alpha value is -2.65. The minimum absolute atomic E-state index is 0.00259. The van der Waals surface area contributed by atoms with Gasteiger partial charge in [-0.1, -0.05) is 12.1 Å². The van der Waals surface area contributed by atoms with Gasteiger partial charge in [-0.2, -0.15) is 0 Å². The molecule has 0 aliphatic heterocycles. The Bertz CT molecular complexity index is 1040. The van der Waals surface area contributed by atoms with Gasteiger partial charge >= 0.3 is 0 Å². The molecule has 9 heteroatoms. The number of hydrogen-bond donors (Lipinski definition) is 2. The first-order valence-electron chi connectivity index (χ1n) is 10.5. The van der Waals surface area contributed by atoms with Crippen LogP contribution in [-0.2, 0) is 14.8 Å². The van der Waals surface area contributed by atoms with E-state index in [0.29, 0.717) is 23.5 Å². The van der Waals surface area contributed by atoms with Crippen molar-refractivity contribution < 1.29 is 27.1 Å². The van der Waals surface area contributed by atoms with Crippen LogP contribution in [0.3, 0.4) is 0 Å². The van der Waals surface area contributed by atoms with Gasteiger partial charge in [-0.25, -0.2) is 12.8 Å².